The Morgan fingerprint density at radius 1 is 1.25 bits per heavy atom. The Balaban J connectivity index is 2.17. The molecule has 1 rings (SSSR count). The first-order chi connectivity index (χ1) is 7.38. The van der Waals surface area contributed by atoms with Gasteiger partial charge in [0.25, 0.3) is 0 Å². The molecule has 0 saturated heterocycles. The van der Waals surface area contributed by atoms with Gasteiger partial charge in [-0.25, -0.2) is 0 Å². The summed E-state index contributed by atoms with van der Waals surface area (Å²) in [5.74, 6) is 0.114. The standard InChI is InChI=1S/C10H19F3N2S/c1-15(6-7-16-10(11,12)13)9-4-2-8(14)3-5-9/h8-9H,2-7,14H2,1H3. The van der Waals surface area contributed by atoms with Gasteiger partial charge >= 0.3 is 5.51 Å². The van der Waals surface area contributed by atoms with E-state index in [1.807, 2.05) is 11.9 Å². The van der Waals surface area contributed by atoms with E-state index in [1.165, 1.54) is 0 Å². The zero-order valence-corrected chi connectivity index (χ0v) is 10.3. The van der Waals surface area contributed by atoms with Crippen molar-refractivity contribution in [2.24, 2.45) is 5.73 Å². The van der Waals surface area contributed by atoms with E-state index in [0.717, 1.165) is 25.7 Å². The van der Waals surface area contributed by atoms with E-state index in [9.17, 15) is 13.2 Å². The van der Waals surface area contributed by atoms with Crippen molar-refractivity contribution in [1.29, 1.82) is 0 Å². The van der Waals surface area contributed by atoms with Crippen LogP contribution in [-0.4, -0.2) is 41.8 Å². The number of hydrogen-bond donors (Lipinski definition) is 1. The van der Waals surface area contributed by atoms with E-state index in [0.29, 0.717) is 12.6 Å². The van der Waals surface area contributed by atoms with Gasteiger partial charge in [0.2, 0.25) is 0 Å². The Kier molecular flexibility index (Phi) is 5.40. The predicted molar refractivity (Wildman–Crippen MR) is 61.4 cm³/mol. The molecule has 0 aliphatic heterocycles. The van der Waals surface area contributed by atoms with Gasteiger partial charge in [0.1, 0.15) is 0 Å². The molecule has 0 amide bonds. The fourth-order valence-electron chi connectivity index (χ4n) is 2.03. The van der Waals surface area contributed by atoms with E-state index >= 15 is 0 Å². The highest BCUT2D eigenvalue weighted by Gasteiger charge is 2.28. The van der Waals surface area contributed by atoms with Gasteiger partial charge in [0.05, 0.1) is 0 Å². The summed E-state index contributed by atoms with van der Waals surface area (Å²) in [6.07, 6.45) is 3.99. The number of alkyl halides is 3. The smallest absolute Gasteiger partial charge is 0.328 e. The molecular formula is C10H19F3N2S. The van der Waals surface area contributed by atoms with Gasteiger partial charge in [-0.05, 0) is 44.5 Å². The van der Waals surface area contributed by atoms with Crippen molar-refractivity contribution < 1.29 is 13.2 Å². The van der Waals surface area contributed by atoms with E-state index < -0.39 is 5.51 Å². The molecule has 0 aromatic rings. The van der Waals surface area contributed by atoms with E-state index in [4.69, 9.17) is 5.73 Å². The van der Waals surface area contributed by atoms with Gasteiger partial charge < -0.3 is 10.6 Å². The maximum atomic E-state index is 11.9. The largest absolute Gasteiger partial charge is 0.441 e. The van der Waals surface area contributed by atoms with Gasteiger partial charge in [0.15, 0.2) is 0 Å². The number of nitrogens with two attached hydrogens (primary N) is 1. The van der Waals surface area contributed by atoms with Crippen LogP contribution in [0.4, 0.5) is 13.2 Å². The summed E-state index contributed by atoms with van der Waals surface area (Å²) in [6.45, 7) is 0.490. The Morgan fingerprint density at radius 3 is 2.31 bits per heavy atom. The molecule has 1 aliphatic rings. The minimum Gasteiger partial charge on any atom is -0.328 e. The van der Waals surface area contributed by atoms with Crippen LogP contribution < -0.4 is 5.73 Å². The molecule has 2 N–H and O–H groups in total. The molecule has 2 nitrogen and oxygen atoms in total. The summed E-state index contributed by atoms with van der Waals surface area (Å²) >= 11 is 0.0601. The zero-order valence-electron chi connectivity index (χ0n) is 9.46. The average molecular weight is 256 g/mol. The third-order valence-electron chi connectivity index (χ3n) is 3.07. The fraction of sp³-hybridized carbons (Fsp3) is 1.00. The third-order valence-corrected chi connectivity index (χ3v) is 3.79. The zero-order chi connectivity index (χ0) is 12.2. The quantitative estimate of drug-likeness (QED) is 0.837. The van der Waals surface area contributed by atoms with Crippen molar-refractivity contribution in [3.63, 3.8) is 0 Å². The molecule has 16 heavy (non-hydrogen) atoms. The lowest BCUT2D eigenvalue weighted by atomic mass is 9.91. The molecule has 1 saturated carbocycles. The van der Waals surface area contributed by atoms with E-state index in [-0.39, 0.29) is 23.6 Å². The van der Waals surface area contributed by atoms with Crippen LogP contribution >= 0.6 is 11.8 Å². The maximum absolute atomic E-state index is 11.9. The third kappa shape index (κ3) is 5.41. The molecule has 0 aromatic carbocycles. The Hall–Kier alpha value is 0.0600. The number of thioether (sulfide) groups is 1. The topological polar surface area (TPSA) is 29.3 Å². The van der Waals surface area contributed by atoms with Crippen LogP contribution in [0.25, 0.3) is 0 Å². The maximum Gasteiger partial charge on any atom is 0.441 e. The Bertz CT molecular complexity index is 203. The molecule has 0 atom stereocenters. The minimum atomic E-state index is -4.10. The van der Waals surface area contributed by atoms with Crippen molar-refractivity contribution in [1.82, 2.24) is 4.90 Å². The van der Waals surface area contributed by atoms with Crippen molar-refractivity contribution in [2.45, 2.75) is 43.3 Å². The second-order valence-electron chi connectivity index (χ2n) is 4.34. The highest BCUT2D eigenvalue weighted by Crippen LogP contribution is 2.30. The Labute approximate surface area is 98.7 Å². The second-order valence-corrected chi connectivity index (χ2v) is 5.50. The Morgan fingerprint density at radius 2 is 1.81 bits per heavy atom. The van der Waals surface area contributed by atoms with Crippen molar-refractivity contribution in [3.8, 4) is 0 Å². The monoisotopic (exact) mass is 256 g/mol. The van der Waals surface area contributed by atoms with Crippen LogP contribution in [0.5, 0.6) is 0 Å². The van der Waals surface area contributed by atoms with Crippen molar-refractivity contribution in [2.75, 3.05) is 19.3 Å². The molecule has 1 aliphatic carbocycles. The summed E-state index contributed by atoms with van der Waals surface area (Å²) in [7, 11) is 1.90. The van der Waals surface area contributed by atoms with Crippen LogP contribution in [0.15, 0.2) is 0 Å². The number of rotatable bonds is 4. The van der Waals surface area contributed by atoms with E-state index in [2.05, 4.69) is 0 Å². The molecule has 0 spiro atoms. The molecule has 0 unspecified atom stereocenters. The summed E-state index contributed by atoms with van der Waals surface area (Å²) in [5, 5.41) is 0. The summed E-state index contributed by atoms with van der Waals surface area (Å²) in [4.78, 5) is 2.03. The molecule has 1 fully saturated rings. The molecule has 0 aromatic heterocycles. The lowest BCUT2D eigenvalue weighted by molar-refractivity contribution is -0.0329. The SMILES string of the molecule is CN(CCSC(F)(F)F)C1CCC(N)CC1. The van der Waals surface area contributed by atoms with Crippen molar-refractivity contribution >= 4 is 11.8 Å². The summed E-state index contributed by atoms with van der Waals surface area (Å²) in [5.41, 5.74) is 1.68. The first-order valence-electron chi connectivity index (χ1n) is 5.55. The number of halogens is 3. The lowest BCUT2D eigenvalue weighted by Gasteiger charge is -2.33. The van der Waals surface area contributed by atoms with Gasteiger partial charge in [-0.15, -0.1) is 0 Å². The molecule has 0 bridgehead atoms. The molecular weight excluding hydrogens is 237 g/mol. The lowest BCUT2D eigenvalue weighted by Crippen LogP contribution is -2.39. The number of nitrogens with zero attached hydrogens (tertiary/aromatic N) is 1. The first kappa shape index (κ1) is 14.1. The molecule has 96 valence electrons. The van der Waals surface area contributed by atoms with Crippen LogP contribution in [0.1, 0.15) is 25.7 Å². The number of hydrogen-bond acceptors (Lipinski definition) is 3. The van der Waals surface area contributed by atoms with Crippen LogP contribution in [-0.2, 0) is 0 Å². The molecule has 0 radical (unpaired) electrons. The second kappa shape index (κ2) is 6.12. The molecule has 0 heterocycles. The van der Waals surface area contributed by atoms with Crippen molar-refractivity contribution in [3.05, 3.63) is 0 Å². The molecule has 6 heteroatoms. The minimum absolute atomic E-state index is 0.0601. The highest BCUT2D eigenvalue weighted by molar-refractivity contribution is 8.00. The predicted octanol–water partition coefficient (Wildman–Crippen LogP) is 2.44. The van der Waals surface area contributed by atoms with E-state index in [1.54, 1.807) is 0 Å². The fourth-order valence-corrected chi connectivity index (χ4v) is 2.64. The summed E-state index contributed by atoms with van der Waals surface area (Å²) in [6, 6.07) is 0.697. The average Bonchev–Trinajstić information content (AvgIpc) is 2.16. The van der Waals surface area contributed by atoms with Gasteiger partial charge in [-0.3, -0.25) is 0 Å². The normalized spacial score (nSPS) is 27.4. The van der Waals surface area contributed by atoms with Gasteiger partial charge in [-0.1, -0.05) is 0 Å². The summed E-state index contributed by atoms with van der Waals surface area (Å²) < 4.78 is 35.8. The first-order valence-corrected chi connectivity index (χ1v) is 6.53. The van der Waals surface area contributed by atoms with Gasteiger partial charge in [0, 0.05) is 24.4 Å². The van der Waals surface area contributed by atoms with Crippen LogP contribution in [0, 0.1) is 0 Å². The highest BCUT2D eigenvalue weighted by atomic mass is 32.2. The van der Waals surface area contributed by atoms with Gasteiger partial charge in [-0.2, -0.15) is 13.2 Å². The van der Waals surface area contributed by atoms with Crippen LogP contribution in [0.3, 0.4) is 0 Å². The van der Waals surface area contributed by atoms with Crippen LogP contribution in [0.2, 0.25) is 0 Å².